The van der Waals surface area contributed by atoms with E-state index in [0.29, 0.717) is 5.56 Å². The van der Waals surface area contributed by atoms with Gasteiger partial charge in [0.2, 0.25) is 10.0 Å². The van der Waals surface area contributed by atoms with Gasteiger partial charge in [0, 0.05) is 25.9 Å². The van der Waals surface area contributed by atoms with Gasteiger partial charge < -0.3 is 20.6 Å². The Balaban J connectivity index is 2.50. The molecule has 2 aromatic rings. The first-order valence-electron chi connectivity index (χ1n) is 9.59. The van der Waals surface area contributed by atoms with Gasteiger partial charge in [0.1, 0.15) is 11.5 Å². The number of phenols is 1. The van der Waals surface area contributed by atoms with Crippen molar-refractivity contribution in [1.29, 1.82) is 0 Å². The monoisotopic (exact) mass is 436 g/mol. The Morgan fingerprint density at radius 1 is 1.10 bits per heavy atom. The van der Waals surface area contributed by atoms with E-state index >= 15 is 0 Å². The average Bonchev–Trinajstić information content (AvgIpc) is 2.66. The Labute approximate surface area is 176 Å². The fourth-order valence-corrected chi connectivity index (χ4v) is 4.99. The maximum atomic E-state index is 13.5. The van der Waals surface area contributed by atoms with Crippen LogP contribution in [0.15, 0.2) is 59.5 Å². The lowest BCUT2D eigenvalue weighted by Gasteiger charge is -2.40. The predicted octanol–water partition coefficient (Wildman–Crippen LogP) is 2.63. The molecule has 1 atom stereocenters. The molecule has 1 amide bonds. The second kappa shape index (κ2) is 9.92. The summed E-state index contributed by atoms with van der Waals surface area (Å²) in [6, 6.07) is 14.0. The molecule has 2 aromatic carbocycles. The van der Waals surface area contributed by atoms with Gasteiger partial charge >= 0.3 is 6.09 Å². The number of benzene rings is 2. The highest BCUT2D eigenvalue weighted by atomic mass is 32.2. The Bertz CT molecular complexity index is 932. The molecule has 1 unspecified atom stereocenters. The van der Waals surface area contributed by atoms with Gasteiger partial charge in [-0.05, 0) is 35.7 Å². The average molecular weight is 437 g/mol. The molecule has 0 spiro atoms. The predicted molar refractivity (Wildman–Crippen MR) is 113 cm³/mol. The van der Waals surface area contributed by atoms with Crippen LogP contribution in [0.2, 0.25) is 0 Å². The zero-order chi connectivity index (χ0) is 22.4. The SMILES string of the molecule is CC(C)CN(C(O)(CCNC(=O)O)Cc1ccccc1)S(=O)(=O)c1ccc(O)cc1. The summed E-state index contributed by atoms with van der Waals surface area (Å²) >= 11 is 0. The first kappa shape index (κ1) is 23.7. The summed E-state index contributed by atoms with van der Waals surface area (Å²) < 4.78 is 28.0. The molecule has 164 valence electrons. The van der Waals surface area contributed by atoms with Crippen molar-refractivity contribution in [2.24, 2.45) is 5.92 Å². The number of sulfonamides is 1. The number of hydrogen-bond donors (Lipinski definition) is 4. The number of hydrogen-bond acceptors (Lipinski definition) is 5. The molecule has 0 radical (unpaired) electrons. The third-order valence-electron chi connectivity index (χ3n) is 4.55. The third kappa shape index (κ3) is 6.19. The van der Waals surface area contributed by atoms with Crippen LogP contribution in [0.5, 0.6) is 5.75 Å². The molecule has 0 saturated heterocycles. The summed E-state index contributed by atoms with van der Waals surface area (Å²) in [5.74, 6) is -0.179. The van der Waals surface area contributed by atoms with Crippen LogP contribution in [0.4, 0.5) is 4.79 Å². The zero-order valence-corrected chi connectivity index (χ0v) is 17.8. The highest BCUT2D eigenvalue weighted by Gasteiger charge is 2.43. The number of aliphatic hydroxyl groups is 1. The van der Waals surface area contributed by atoms with Crippen molar-refractivity contribution in [2.45, 2.75) is 37.3 Å². The first-order valence-corrected chi connectivity index (χ1v) is 11.0. The smallest absolute Gasteiger partial charge is 0.404 e. The van der Waals surface area contributed by atoms with E-state index in [1.807, 2.05) is 19.9 Å². The normalized spacial score (nSPS) is 13.9. The molecule has 0 aliphatic carbocycles. The fourth-order valence-electron chi connectivity index (χ4n) is 3.16. The Morgan fingerprint density at radius 3 is 2.23 bits per heavy atom. The van der Waals surface area contributed by atoms with E-state index in [9.17, 15) is 23.4 Å². The van der Waals surface area contributed by atoms with E-state index in [0.717, 1.165) is 4.31 Å². The van der Waals surface area contributed by atoms with Gasteiger partial charge in [-0.3, -0.25) is 0 Å². The number of rotatable bonds is 10. The summed E-state index contributed by atoms with van der Waals surface area (Å²) in [6.45, 7) is 3.56. The topological polar surface area (TPSA) is 127 Å². The van der Waals surface area contributed by atoms with E-state index in [1.165, 1.54) is 24.3 Å². The molecule has 0 bridgehead atoms. The summed E-state index contributed by atoms with van der Waals surface area (Å²) in [7, 11) is -4.14. The molecule has 0 aliphatic rings. The van der Waals surface area contributed by atoms with E-state index < -0.39 is 21.8 Å². The second-order valence-electron chi connectivity index (χ2n) is 7.55. The molecule has 4 N–H and O–H groups in total. The van der Waals surface area contributed by atoms with Crippen molar-refractivity contribution in [3.8, 4) is 5.75 Å². The van der Waals surface area contributed by atoms with Crippen molar-refractivity contribution >= 4 is 16.1 Å². The van der Waals surface area contributed by atoms with Gasteiger partial charge in [0.25, 0.3) is 0 Å². The van der Waals surface area contributed by atoms with Crippen LogP contribution < -0.4 is 5.32 Å². The molecule has 0 fully saturated rings. The number of aromatic hydroxyl groups is 1. The minimum absolute atomic E-state index is 0.0147. The molecular weight excluding hydrogens is 408 g/mol. The van der Waals surface area contributed by atoms with Crippen LogP contribution in [0.3, 0.4) is 0 Å². The summed E-state index contributed by atoms with van der Waals surface area (Å²) in [4.78, 5) is 10.8. The number of nitrogens with zero attached hydrogens (tertiary/aromatic N) is 1. The van der Waals surface area contributed by atoms with Crippen molar-refractivity contribution in [1.82, 2.24) is 9.62 Å². The highest BCUT2D eigenvalue weighted by Crippen LogP contribution is 2.30. The summed E-state index contributed by atoms with van der Waals surface area (Å²) in [5.41, 5.74) is -1.16. The number of phenolic OH excluding ortho intramolecular Hbond substituents is 1. The summed E-state index contributed by atoms with van der Waals surface area (Å²) in [6.07, 6.45) is -1.41. The van der Waals surface area contributed by atoms with Crippen LogP contribution in [0.25, 0.3) is 0 Å². The minimum atomic E-state index is -4.14. The molecule has 0 aliphatic heterocycles. The van der Waals surface area contributed by atoms with Gasteiger partial charge in [-0.1, -0.05) is 44.2 Å². The van der Waals surface area contributed by atoms with Gasteiger partial charge in [-0.15, -0.1) is 0 Å². The number of carbonyl (C=O) groups is 1. The number of nitrogens with one attached hydrogen (secondary N) is 1. The number of carboxylic acid groups (broad SMARTS) is 1. The minimum Gasteiger partial charge on any atom is -0.508 e. The van der Waals surface area contributed by atoms with E-state index in [1.54, 1.807) is 24.3 Å². The van der Waals surface area contributed by atoms with Crippen LogP contribution >= 0.6 is 0 Å². The quantitative estimate of drug-likeness (QED) is 0.424. The number of amides is 1. The zero-order valence-electron chi connectivity index (χ0n) is 17.0. The van der Waals surface area contributed by atoms with Crippen molar-refractivity contribution in [3.05, 3.63) is 60.2 Å². The van der Waals surface area contributed by atoms with Crippen molar-refractivity contribution in [2.75, 3.05) is 13.1 Å². The maximum absolute atomic E-state index is 13.5. The molecule has 0 saturated carbocycles. The van der Waals surface area contributed by atoms with Gasteiger partial charge in [-0.2, -0.15) is 4.31 Å². The van der Waals surface area contributed by atoms with E-state index in [-0.39, 0.29) is 42.5 Å². The van der Waals surface area contributed by atoms with Crippen LogP contribution in [-0.4, -0.2) is 53.0 Å². The van der Waals surface area contributed by atoms with E-state index in [2.05, 4.69) is 5.32 Å². The molecule has 9 heteroatoms. The van der Waals surface area contributed by atoms with Gasteiger partial charge in [0.15, 0.2) is 0 Å². The van der Waals surface area contributed by atoms with Crippen LogP contribution in [-0.2, 0) is 16.4 Å². The lowest BCUT2D eigenvalue weighted by atomic mass is 9.98. The second-order valence-corrected chi connectivity index (χ2v) is 9.41. The largest absolute Gasteiger partial charge is 0.508 e. The standard InChI is InChI=1S/C21H28N2O6S/c1-16(2)15-23(30(28,29)19-10-8-18(24)9-11-19)21(27,12-13-22-20(25)26)14-17-6-4-3-5-7-17/h3-11,16,22,24,27H,12-15H2,1-2H3,(H,25,26). The van der Waals surface area contributed by atoms with Crippen LogP contribution in [0.1, 0.15) is 25.8 Å². The van der Waals surface area contributed by atoms with Crippen LogP contribution in [0, 0.1) is 5.92 Å². The molecule has 30 heavy (non-hydrogen) atoms. The van der Waals surface area contributed by atoms with Gasteiger partial charge in [0.05, 0.1) is 4.90 Å². The Morgan fingerprint density at radius 2 is 1.70 bits per heavy atom. The Hall–Kier alpha value is -2.62. The van der Waals surface area contributed by atoms with Crippen molar-refractivity contribution in [3.63, 3.8) is 0 Å². The van der Waals surface area contributed by atoms with Crippen molar-refractivity contribution < 1.29 is 28.5 Å². The molecule has 0 heterocycles. The van der Waals surface area contributed by atoms with E-state index in [4.69, 9.17) is 5.11 Å². The third-order valence-corrected chi connectivity index (χ3v) is 6.49. The molecular formula is C21H28N2O6S. The maximum Gasteiger partial charge on any atom is 0.404 e. The lowest BCUT2D eigenvalue weighted by molar-refractivity contribution is -0.0701. The van der Waals surface area contributed by atoms with Gasteiger partial charge in [-0.25, -0.2) is 13.2 Å². The highest BCUT2D eigenvalue weighted by molar-refractivity contribution is 7.89. The first-order chi connectivity index (χ1) is 14.0. The Kier molecular flexibility index (Phi) is 7.83. The molecule has 8 nitrogen and oxygen atoms in total. The molecule has 2 rings (SSSR count). The lowest BCUT2D eigenvalue weighted by Crippen LogP contribution is -2.55. The summed E-state index contributed by atoms with van der Waals surface area (Å²) in [5, 5.41) is 32.2. The molecule has 0 aromatic heterocycles. The fraction of sp³-hybridized carbons (Fsp3) is 0.381.